The first kappa shape index (κ1) is 24.4. The molecule has 1 aliphatic carbocycles. The summed E-state index contributed by atoms with van der Waals surface area (Å²) in [5.74, 6) is -2.86. The zero-order valence-corrected chi connectivity index (χ0v) is 19.5. The lowest BCUT2D eigenvalue weighted by Gasteiger charge is -2.49. The molecular weight excluding hydrogens is 420 g/mol. The molecule has 1 fully saturated rings. The van der Waals surface area contributed by atoms with Gasteiger partial charge in [0.25, 0.3) is 0 Å². The van der Waals surface area contributed by atoms with Crippen molar-refractivity contribution in [1.82, 2.24) is 0 Å². The molecule has 0 bridgehead atoms. The van der Waals surface area contributed by atoms with Crippen molar-refractivity contribution in [2.75, 3.05) is 14.2 Å². The minimum Gasteiger partial charge on any atom is -0.469 e. The van der Waals surface area contributed by atoms with Crippen LogP contribution in [0.25, 0.3) is 0 Å². The number of methoxy groups -OCH3 is 2. The first-order valence-corrected chi connectivity index (χ1v) is 11.1. The summed E-state index contributed by atoms with van der Waals surface area (Å²) in [5, 5.41) is 0. The number of carbonyl (C=O) groups is 4. The number of Topliss-reactive ketones (excluding diaryl/α,β-unsaturated/α-hetero) is 2. The molecule has 0 aliphatic heterocycles. The van der Waals surface area contributed by atoms with Crippen LogP contribution in [0.1, 0.15) is 54.4 Å². The second-order valence-electron chi connectivity index (χ2n) is 8.58. The molecule has 1 saturated carbocycles. The van der Waals surface area contributed by atoms with Gasteiger partial charge in [0.15, 0.2) is 0 Å². The van der Waals surface area contributed by atoms with E-state index in [1.54, 1.807) is 12.1 Å². The zero-order chi connectivity index (χ0) is 24.1. The normalized spacial score (nSPS) is 21.6. The number of esters is 2. The molecule has 0 heterocycles. The lowest BCUT2D eigenvalue weighted by Crippen LogP contribution is -2.51. The van der Waals surface area contributed by atoms with Crippen LogP contribution in [0, 0.1) is 11.8 Å². The Morgan fingerprint density at radius 1 is 0.727 bits per heavy atom. The number of hydrogen-bond acceptors (Lipinski definition) is 6. The van der Waals surface area contributed by atoms with E-state index in [-0.39, 0.29) is 42.3 Å². The van der Waals surface area contributed by atoms with Gasteiger partial charge >= 0.3 is 11.9 Å². The predicted molar refractivity (Wildman–Crippen MR) is 123 cm³/mol. The van der Waals surface area contributed by atoms with Crippen LogP contribution in [0.5, 0.6) is 0 Å². The van der Waals surface area contributed by atoms with Gasteiger partial charge in [-0.1, -0.05) is 55.5 Å². The summed E-state index contributed by atoms with van der Waals surface area (Å²) in [5.41, 5.74) is 3.67. The van der Waals surface area contributed by atoms with E-state index in [9.17, 15) is 19.2 Å². The number of rotatable bonds is 9. The third-order valence-electron chi connectivity index (χ3n) is 6.48. The molecule has 33 heavy (non-hydrogen) atoms. The van der Waals surface area contributed by atoms with Crippen LogP contribution < -0.4 is 0 Å². The Morgan fingerprint density at radius 2 is 1.15 bits per heavy atom. The Hall–Kier alpha value is -3.28. The summed E-state index contributed by atoms with van der Waals surface area (Å²) in [6.07, 6.45) is 0.977. The number of carbonyl (C=O) groups excluding carboxylic acids is 4. The van der Waals surface area contributed by atoms with E-state index in [0.29, 0.717) is 0 Å². The maximum absolute atomic E-state index is 12.8. The maximum Gasteiger partial charge on any atom is 0.309 e. The van der Waals surface area contributed by atoms with Crippen molar-refractivity contribution < 1.29 is 28.7 Å². The molecule has 174 valence electrons. The van der Waals surface area contributed by atoms with Crippen LogP contribution in [0.3, 0.4) is 0 Å². The summed E-state index contributed by atoms with van der Waals surface area (Å²) in [6.45, 7) is 3.46. The average Bonchev–Trinajstić information content (AvgIpc) is 2.79. The van der Waals surface area contributed by atoms with Crippen molar-refractivity contribution in [3.05, 3.63) is 70.8 Å². The highest BCUT2D eigenvalue weighted by Gasteiger charge is 2.59. The van der Waals surface area contributed by atoms with Crippen LogP contribution >= 0.6 is 0 Å². The van der Waals surface area contributed by atoms with Crippen molar-refractivity contribution in [1.29, 1.82) is 0 Å². The van der Waals surface area contributed by atoms with Crippen LogP contribution in [0.4, 0.5) is 0 Å². The highest BCUT2D eigenvalue weighted by atomic mass is 16.5. The SMILES string of the molecule is CCc1ccc(C2C(C(=O)OC)C(c3ccc(CC(=O)CC(C)=O)cc3)C2C(=O)OC)cc1. The van der Waals surface area contributed by atoms with E-state index < -0.39 is 17.8 Å². The lowest BCUT2D eigenvalue weighted by molar-refractivity contribution is -0.164. The fourth-order valence-electron chi connectivity index (χ4n) is 4.84. The number of ether oxygens (including phenoxy) is 2. The molecule has 2 aromatic rings. The number of benzene rings is 2. The van der Waals surface area contributed by atoms with E-state index in [1.165, 1.54) is 26.7 Å². The molecule has 2 atom stereocenters. The number of hydrogen-bond donors (Lipinski definition) is 0. The molecule has 2 aromatic carbocycles. The summed E-state index contributed by atoms with van der Waals surface area (Å²) in [6, 6.07) is 15.2. The summed E-state index contributed by atoms with van der Waals surface area (Å²) < 4.78 is 10.2. The van der Waals surface area contributed by atoms with Gasteiger partial charge in [0.2, 0.25) is 0 Å². The Morgan fingerprint density at radius 3 is 1.52 bits per heavy atom. The van der Waals surface area contributed by atoms with Gasteiger partial charge in [0.1, 0.15) is 11.6 Å². The van der Waals surface area contributed by atoms with Crippen LogP contribution in [0.15, 0.2) is 48.5 Å². The molecule has 0 amide bonds. The third-order valence-corrected chi connectivity index (χ3v) is 6.48. The van der Waals surface area contributed by atoms with Gasteiger partial charge in [0.05, 0.1) is 32.5 Å². The molecule has 2 unspecified atom stereocenters. The second-order valence-corrected chi connectivity index (χ2v) is 8.58. The minimum absolute atomic E-state index is 0.0856. The van der Waals surface area contributed by atoms with Crippen LogP contribution in [-0.4, -0.2) is 37.7 Å². The molecule has 0 saturated heterocycles. The fourth-order valence-corrected chi connectivity index (χ4v) is 4.84. The molecule has 3 rings (SSSR count). The first-order chi connectivity index (χ1) is 15.8. The summed E-state index contributed by atoms with van der Waals surface area (Å²) in [4.78, 5) is 48.7. The Balaban J connectivity index is 1.92. The molecule has 0 spiro atoms. The van der Waals surface area contributed by atoms with Gasteiger partial charge in [-0.05, 0) is 35.6 Å². The fraction of sp³-hybridized carbons (Fsp3) is 0.407. The number of ketones is 2. The van der Waals surface area contributed by atoms with Crippen molar-refractivity contribution >= 4 is 23.5 Å². The molecule has 6 heteroatoms. The molecule has 0 N–H and O–H groups in total. The van der Waals surface area contributed by atoms with E-state index in [2.05, 4.69) is 6.92 Å². The predicted octanol–water partition coefficient (Wildman–Crippen LogP) is 3.80. The largest absolute Gasteiger partial charge is 0.469 e. The van der Waals surface area contributed by atoms with Crippen molar-refractivity contribution in [2.45, 2.75) is 44.9 Å². The van der Waals surface area contributed by atoms with Gasteiger partial charge in [-0.15, -0.1) is 0 Å². The van der Waals surface area contributed by atoms with Crippen molar-refractivity contribution in [2.24, 2.45) is 11.8 Å². The Labute approximate surface area is 194 Å². The molecule has 6 nitrogen and oxygen atoms in total. The number of aryl methyl sites for hydroxylation is 1. The minimum atomic E-state index is -0.531. The molecule has 1 aliphatic rings. The van der Waals surface area contributed by atoms with E-state index in [4.69, 9.17) is 9.47 Å². The second kappa shape index (κ2) is 10.6. The monoisotopic (exact) mass is 450 g/mol. The molecule has 0 radical (unpaired) electrons. The standard InChI is InChI=1S/C27H30O6/c1-5-17-6-10-19(11-7-17)22-24(26(30)32-3)23(25(22)27(31)33-4)20-12-8-18(9-13-20)15-21(29)14-16(2)28/h6-13,22-25H,5,14-15H2,1-4H3. The molecule has 0 aromatic heterocycles. The van der Waals surface area contributed by atoms with Gasteiger partial charge in [-0.3, -0.25) is 19.2 Å². The van der Waals surface area contributed by atoms with Crippen molar-refractivity contribution in [3.8, 4) is 0 Å². The third kappa shape index (κ3) is 5.21. The highest BCUT2D eigenvalue weighted by Crippen LogP contribution is 2.58. The Bertz CT molecular complexity index is 998. The van der Waals surface area contributed by atoms with E-state index in [0.717, 1.165) is 23.1 Å². The van der Waals surface area contributed by atoms with E-state index in [1.807, 2.05) is 36.4 Å². The van der Waals surface area contributed by atoms with E-state index >= 15 is 0 Å². The van der Waals surface area contributed by atoms with Gasteiger partial charge < -0.3 is 9.47 Å². The van der Waals surface area contributed by atoms with Crippen LogP contribution in [0.2, 0.25) is 0 Å². The quantitative estimate of drug-likeness (QED) is 0.427. The highest BCUT2D eigenvalue weighted by molar-refractivity contribution is 5.98. The smallest absolute Gasteiger partial charge is 0.309 e. The topological polar surface area (TPSA) is 86.7 Å². The maximum atomic E-state index is 12.8. The average molecular weight is 451 g/mol. The lowest BCUT2D eigenvalue weighted by atomic mass is 9.52. The van der Waals surface area contributed by atoms with Crippen molar-refractivity contribution in [3.63, 3.8) is 0 Å². The summed E-state index contributed by atoms with van der Waals surface area (Å²) >= 11 is 0. The van der Waals surface area contributed by atoms with Gasteiger partial charge in [0, 0.05) is 18.3 Å². The first-order valence-electron chi connectivity index (χ1n) is 11.1. The van der Waals surface area contributed by atoms with Gasteiger partial charge in [-0.25, -0.2) is 0 Å². The molecular formula is C27H30O6. The van der Waals surface area contributed by atoms with Gasteiger partial charge in [-0.2, -0.15) is 0 Å². The van der Waals surface area contributed by atoms with Crippen LogP contribution in [-0.2, 0) is 41.5 Å². The Kier molecular flexibility index (Phi) is 7.79. The zero-order valence-electron chi connectivity index (χ0n) is 19.5. The summed E-state index contributed by atoms with van der Waals surface area (Å²) in [7, 11) is 2.71.